The fourth-order valence-corrected chi connectivity index (χ4v) is 3.52. The predicted octanol–water partition coefficient (Wildman–Crippen LogP) is 3.11. The lowest BCUT2D eigenvalue weighted by Crippen LogP contribution is -2.42. The molecular weight excluding hydrogens is 256 g/mol. The monoisotopic (exact) mass is 280 g/mol. The van der Waals surface area contributed by atoms with Gasteiger partial charge in [0.15, 0.2) is 0 Å². The topological polar surface area (TPSA) is 15.3 Å². The first-order valence-electron chi connectivity index (χ1n) is 7.20. The van der Waals surface area contributed by atoms with Crippen molar-refractivity contribution in [3.63, 3.8) is 0 Å². The molecule has 106 valence electrons. The number of nitrogens with zero attached hydrogens (tertiary/aromatic N) is 1. The zero-order valence-corrected chi connectivity index (χ0v) is 12.8. The molecule has 0 radical (unpaired) electrons. The van der Waals surface area contributed by atoms with Crippen LogP contribution in [0.2, 0.25) is 0 Å². The van der Waals surface area contributed by atoms with E-state index in [1.165, 1.54) is 50.3 Å². The molecule has 1 aromatic rings. The van der Waals surface area contributed by atoms with Gasteiger partial charge >= 0.3 is 0 Å². The highest BCUT2D eigenvalue weighted by Gasteiger charge is 2.33. The van der Waals surface area contributed by atoms with Crippen molar-refractivity contribution in [3.8, 4) is 0 Å². The van der Waals surface area contributed by atoms with Gasteiger partial charge in [0.25, 0.3) is 0 Å². The Labute approximate surface area is 123 Å². The number of anilines is 1. The molecular formula is C16H25ClN2. The molecule has 2 heterocycles. The second-order valence-corrected chi connectivity index (χ2v) is 6.56. The number of halogens is 1. The Kier molecular flexibility index (Phi) is 4.42. The van der Waals surface area contributed by atoms with Crippen molar-refractivity contribution in [1.29, 1.82) is 0 Å². The van der Waals surface area contributed by atoms with E-state index in [9.17, 15) is 0 Å². The van der Waals surface area contributed by atoms with Gasteiger partial charge in [-0.25, -0.2) is 0 Å². The quantitative estimate of drug-likeness (QED) is 0.896. The van der Waals surface area contributed by atoms with Crippen LogP contribution in [0.1, 0.15) is 25.8 Å². The summed E-state index contributed by atoms with van der Waals surface area (Å²) >= 11 is 0. The Hall–Kier alpha value is -0.730. The van der Waals surface area contributed by atoms with Crippen molar-refractivity contribution in [2.24, 2.45) is 11.3 Å². The molecule has 0 aliphatic carbocycles. The zero-order chi connectivity index (χ0) is 12.6. The molecule has 1 fully saturated rings. The van der Waals surface area contributed by atoms with Gasteiger partial charge in [-0.2, -0.15) is 0 Å². The van der Waals surface area contributed by atoms with Crippen LogP contribution < -0.4 is 10.2 Å². The SMILES string of the molecule is CC1Cc2ccccc2N(CC2(C)CCNC2)C1.Cl. The highest BCUT2D eigenvalue weighted by molar-refractivity contribution is 5.85. The maximum Gasteiger partial charge on any atom is 0.0399 e. The van der Waals surface area contributed by atoms with Gasteiger partial charge in [0.2, 0.25) is 0 Å². The highest BCUT2D eigenvalue weighted by atomic mass is 35.5. The van der Waals surface area contributed by atoms with Crippen molar-refractivity contribution >= 4 is 18.1 Å². The molecule has 1 aromatic carbocycles. The normalized spacial score (nSPS) is 29.8. The summed E-state index contributed by atoms with van der Waals surface area (Å²) in [6, 6.07) is 8.95. The van der Waals surface area contributed by atoms with E-state index in [1.807, 2.05) is 0 Å². The van der Waals surface area contributed by atoms with Crippen LogP contribution in [0.4, 0.5) is 5.69 Å². The third-order valence-electron chi connectivity index (χ3n) is 4.46. The second-order valence-electron chi connectivity index (χ2n) is 6.56. The molecule has 0 bridgehead atoms. The third-order valence-corrected chi connectivity index (χ3v) is 4.46. The molecule has 2 atom stereocenters. The van der Waals surface area contributed by atoms with Crippen LogP contribution in [-0.2, 0) is 6.42 Å². The highest BCUT2D eigenvalue weighted by Crippen LogP contribution is 2.34. The van der Waals surface area contributed by atoms with E-state index in [1.54, 1.807) is 0 Å². The lowest BCUT2D eigenvalue weighted by molar-refractivity contribution is 0.351. The first-order valence-corrected chi connectivity index (χ1v) is 7.20. The molecule has 0 saturated carbocycles. The minimum absolute atomic E-state index is 0. The van der Waals surface area contributed by atoms with Gasteiger partial charge in [-0.3, -0.25) is 0 Å². The molecule has 0 spiro atoms. The smallest absolute Gasteiger partial charge is 0.0399 e. The maximum atomic E-state index is 3.51. The van der Waals surface area contributed by atoms with Crippen LogP contribution in [-0.4, -0.2) is 26.2 Å². The fourth-order valence-electron chi connectivity index (χ4n) is 3.52. The minimum Gasteiger partial charge on any atom is -0.370 e. The van der Waals surface area contributed by atoms with E-state index in [0.717, 1.165) is 5.92 Å². The molecule has 19 heavy (non-hydrogen) atoms. The van der Waals surface area contributed by atoms with Gasteiger partial charge in [0.1, 0.15) is 0 Å². The number of hydrogen-bond donors (Lipinski definition) is 1. The molecule has 1 N–H and O–H groups in total. The molecule has 2 nitrogen and oxygen atoms in total. The van der Waals surface area contributed by atoms with Crippen LogP contribution in [0, 0.1) is 11.3 Å². The summed E-state index contributed by atoms with van der Waals surface area (Å²) in [6.07, 6.45) is 2.54. The van der Waals surface area contributed by atoms with Crippen molar-refractivity contribution in [3.05, 3.63) is 29.8 Å². The first-order chi connectivity index (χ1) is 8.66. The van der Waals surface area contributed by atoms with Crippen molar-refractivity contribution in [1.82, 2.24) is 5.32 Å². The molecule has 3 rings (SSSR count). The van der Waals surface area contributed by atoms with E-state index in [4.69, 9.17) is 0 Å². The number of para-hydroxylation sites is 1. The summed E-state index contributed by atoms with van der Waals surface area (Å²) < 4.78 is 0. The average molecular weight is 281 g/mol. The van der Waals surface area contributed by atoms with Crippen molar-refractivity contribution in [2.75, 3.05) is 31.1 Å². The molecule has 0 aromatic heterocycles. The van der Waals surface area contributed by atoms with E-state index < -0.39 is 0 Å². The lowest BCUT2D eigenvalue weighted by Gasteiger charge is -2.39. The van der Waals surface area contributed by atoms with Crippen molar-refractivity contribution in [2.45, 2.75) is 26.7 Å². The Morgan fingerprint density at radius 3 is 2.89 bits per heavy atom. The summed E-state index contributed by atoms with van der Waals surface area (Å²) in [5.74, 6) is 0.776. The average Bonchev–Trinajstić information content (AvgIpc) is 2.75. The Morgan fingerprint density at radius 2 is 2.16 bits per heavy atom. The predicted molar refractivity (Wildman–Crippen MR) is 84.4 cm³/mol. The van der Waals surface area contributed by atoms with Gasteiger partial charge in [-0.05, 0) is 42.3 Å². The molecule has 2 unspecified atom stereocenters. The molecule has 0 amide bonds. The van der Waals surface area contributed by atoms with E-state index >= 15 is 0 Å². The largest absolute Gasteiger partial charge is 0.370 e. The zero-order valence-electron chi connectivity index (χ0n) is 12.0. The summed E-state index contributed by atoms with van der Waals surface area (Å²) in [5, 5.41) is 3.51. The van der Waals surface area contributed by atoms with Crippen LogP contribution >= 0.6 is 12.4 Å². The van der Waals surface area contributed by atoms with E-state index in [0.29, 0.717) is 5.41 Å². The number of hydrogen-bond acceptors (Lipinski definition) is 2. The van der Waals surface area contributed by atoms with Crippen LogP contribution in [0.25, 0.3) is 0 Å². The Balaban J connectivity index is 0.00000133. The minimum atomic E-state index is 0. The van der Waals surface area contributed by atoms with E-state index in [2.05, 4.69) is 48.3 Å². The number of nitrogens with one attached hydrogen (secondary N) is 1. The summed E-state index contributed by atoms with van der Waals surface area (Å²) in [7, 11) is 0. The van der Waals surface area contributed by atoms with E-state index in [-0.39, 0.29) is 12.4 Å². The summed E-state index contributed by atoms with van der Waals surface area (Å²) in [4.78, 5) is 2.62. The molecule has 3 heteroatoms. The van der Waals surface area contributed by atoms with Gasteiger partial charge in [-0.15, -0.1) is 12.4 Å². The lowest BCUT2D eigenvalue weighted by atomic mass is 9.86. The van der Waals surface area contributed by atoms with Gasteiger partial charge < -0.3 is 10.2 Å². The fraction of sp³-hybridized carbons (Fsp3) is 0.625. The first kappa shape index (κ1) is 14.7. The van der Waals surface area contributed by atoms with Gasteiger partial charge in [0, 0.05) is 25.3 Å². The summed E-state index contributed by atoms with van der Waals surface area (Å²) in [6.45, 7) is 9.56. The van der Waals surface area contributed by atoms with Gasteiger partial charge in [-0.1, -0.05) is 32.0 Å². The Morgan fingerprint density at radius 1 is 1.37 bits per heavy atom. The molecule has 2 aliphatic heterocycles. The van der Waals surface area contributed by atoms with Crippen LogP contribution in [0.5, 0.6) is 0 Å². The second kappa shape index (κ2) is 5.72. The number of benzene rings is 1. The van der Waals surface area contributed by atoms with Crippen LogP contribution in [0.3, 0.4) is 0 Å². The summed E-state index contributed by atoms with van der Waals surface area (Å²) in [5.41, 5.74) is 3.46. The standard InChI is InChI=1S/C16H24N2.ClH/c1-13-9-14-5-3-4-6-15(14)18(10-13)12-16(2)7-8-17-11-16;/h3-6,13,17H,7-12H2,1-2H3;1H. The molecule has 2 aliphatic rings. The maximum absolute atomic E-state index is 3.51. The number of rotatable bonds is 2. The molecule has 1 saturated heterocycles. The Bertz CT molecular complexity index is 427. The van der Waals surface area contributed by atoms with Crippen molar-refractivity contribution < 1.29 is 0 Å². The van der Waals surface area contributed by atoms with Gasteiger partial charge in [0.05, 0.1) is 0 Å². The number of fused-ring (bicyclic) bond motifs is 1. The third kappa shape index (κ3) is 3.06. The van der Waals surface area contributed by atoms with Crippen LogP contribution in [0.15, 0.2) is 24.3 Å².